The zero-order valence-electron chi connectivity index (χ0n) is 14.4. The number of aromatic amines is 2. The molecule has 14 heteroatoms. The monoisotopic (exact) mass is 478 g/mol. The van der Waals surface area contributed by atoms with Gasteiger partial charge in [-0.05, 0) is 12.1 Å². The number of nitrogens with zero attached hydrogens (tertiary/aromatic N) is 1. The Bertz CT molecular complexity index is 988. The molecule has 1 aromatic heterocycles. The number of aromatic nitrogens is 2. The molecule has 0 unspecified atom stereocenters. The predicted octanol–water partition coefficient (Wildman–Crippen LogP) is 1.23. The van der Waals surface area contributed by atoms with Crippen molar-refractivity contribution in [2.24, 2.45) is 5.92 Å². The number of anilines is 1. The first kappa shape index (κ1) is 26.1. The van der Waals surface area contributed by atoms with Crippen LogP contribution >= 0.6 is 0 Å². The van der Waals surface area contributed by atoms with Gasteiger partial charge < -0.3 is 10.3 Å². The van der Waals surface area contributed by atoms with Crippen LogP contribution in [-0.4, -0.2) is 40.6 Å². The molecular formula is C15H17F4GaN4O5. The number of hydrogen-bond acceptors (Lipinski definition) is 5. The van der Waals surface area contributed by atoms with Crippen molar-refractivity contribution in [3.8, 4) is 0 Å². The first-order valence-electron chi connectivity index (χ1n) is 7.47. The van der Waals surface area contributed by atoms with E-state index in [1.165, 1.54) is 0 Å². The number of benzene rings is 1. The van der Waals surface area contributed by atoms with Crippen LogP contribution in [0.25, 0.3) is 0 Å². The van der Waals surface area contributed by atoms with Gasteiger partial charge in [-0.2, -0.15) is 17.6 Å². The van der Waals surface area contributed by atoms with Crippen LogP contribution in [0.1, 0.15) is 19.4 Å². The Morgan fingerprint density at radius 2 is 1.83 bits per heavy atom. The minimum absolute atomic E-state index is 0. The molecule has 0 saturated carbocycles. The topological polar surface area (TPSA) is 138 Å². The second-order valence-corrected chi connectivity index (χ2v) is 5.55. The quantitative estimate of drug-likeness (QED) is 0.263. The van der Waals surface area contributed by atoms with Crippen molar-refractivity contribution in [1.29, 1.82) is 0 Å². The molecule has 158 valence electrons. The Hall–Kier alpha value is -2.87. The molecular weight excluding hydrogens is 462 g/mol. The molecule has 1 aromatic carbocycles. The molecule has 29 heavy (non-hydrogen) atoms. The molecule has 0 bridgehead atoms. The fourth-order valence-electron chi connectivity index (χ4n) is 1.68. The fourth-order valence-corrected chi connectivity index (χ4v) is 1.68. The molecule has 2 aromatic rings. The number of carbonyl (C=O) groups excluding carboxylic acids is 1. The summed E-state index contributed by atoms with van der Waals surface area (Å²) >= 11 is 0. The molecule has 0 fully saturated rings. The maximum atomic E-state index is 12.7. The van der Waals surface area contributed by atoms with Gasteiger partial charge in [-0.25, -0.2) is 4.79 Å². The molecule has 9 nitrogen and oxygen atoms in total. The summed E-state index contributed by atoms with van der Waals surface area (Å²) in [5, 5.41) is 12.8. The summed E-state index contributed by atoms with van der Waals surface area (Å²) in [4.78, 5) is 44.8. The van der Waals surface area contributed by atoms with Gasteiger partial charge in [-0.15, -0.1) is 0 Å². The van der Waals surface area contributed by atoms with Crippen molar-refractivity contribution in [2.75, 3.05) is 5.32 Å². The second kappa shape index (κ2) is 10.6. The van der Waals surface area contributed by atoms with Gasteiger partial charge in [0.2, 0.25) is 11.7 Å². The molecule has 0 aliphatic carbocycles. The van der Waals surface area contributed by atoms with E-state index in [1.807, 2.05) is 4.98 Å². The van der Waals surface area contributed by atoms with Gasteiger partial charge in [0.15, 0.2) is 0 Å². The first-order valence-corrected chi connectivity index (χ1v) is 7.47. The van der Waals surface area contributed by atoms with Gasteiger partial charge in [0.1, 0.15) is 5.56 Å². The van der Waals surface area contributed by atoms with Gasteiger partial charge in [0.05, 0.1) is 4.92 Å². The SMILES string of the molecule is CC(C)C(=O)Nc1ccc([N+](=O)[O-])c(C(F)(F)F)c1.O=c1[nH]cc(F)c(=O)[nH]1.[GaH3]. The van der Waals surface area contributed by atoms with Crippen LogP contribution in [0.2, 0.25) is 0 Å². The Morgan fingerprint density at radius 1 is 1.24 bits per heavy atom. The zero-order valence-corrected chi connectivity index (χ0v) is 14.4. The van der Waals surface area contributed by atoms with E-state index < -0.39 is 51.2 Å². The molecule has 0 aliphatic rings. The summed E-state index contributed by atoms with van der Waals surface area (Å²) in [6.07, 6.45) is -4.15. The van der Waals surface area contributed by atoms with Crippen molar-refractivity contribution >= 4 is 37.1 Å². The number of hydrogen-bond donors (Lipinski definition) is 3. The van der Waals surface area contributed by atoms with E-state index in [4.69, 9.17) is 0 Å². The van der Waals surface area contributed by atoms with Gasteiger partial charge >= 0.3 is 31.7 Å². The molecule has 0 spiro atoms. The summed E-state index contributed by atoms with van der Waals surface area (Å²) in [6.45, 7) is 3.15. The fraction of sp³-hybridized carbons (Fsp3) is 0.267. The first-order chi connectivity index (χ1) is 12.8. The molecule has 0 radical (unpaired) electrons. The van der Waals surface area contributed by atoms with Gasteiger partial charge in [-0.3, -0.25) is 24.7 Å². The van der Waals surface area contributed by atoms with Crippen molar-refractivity contribution < 1.29 is 27.3 Å². The number of nitro groups is 1. The van der Waals surface area contributed by atoms with Crippen LogP contribution in [-0.2, 0) is 11.0 Å². The van der Waals surface area contributed by atoms with Crippen LogP contribution in [0.15, 0.2) is 34.0 Å². The molecule has 0 aliphatic heterocycles. The van der Waals surface area contributed by atoms with Crippen LogP contribution < -0.4 is 16.6 Å². The van der Waals surface area contributed by atoms with Crippen molar-refractivity contribution in [3.05, 3.63) is 66.7 Å². The summed E-state index contributed by atoms with van der Waals surface area (Å²) in [5.41, 5.74) is -4.27. The third kappa shape index (κ3) is 7.95. The van der Waals surface area contributed by atoms with E-state index in [1.54, 1.807) is 18.8 Å². The predicted molar refractivity (Wildman–Crippen MR) is 99.1 cm³/mol. The van der Waals surface area contributed by atoms with E-state index >= 15 is 0 Å². The van der Waals surface area contributed by atoms with E-state index in [0.717, 1.165) is 12.1 Å². The van der Waals surface area contributed by atoms with Crippen LogP contribution in [0, 0.1) is 21.8 Å². The number of H-pyrrole nitrogens is 2. The van der Waals surface area contributed by atoms with E-state index in [-0.39, 0.29) is 25.5 Å². The maximum absolute atomic E-state index is 12.7. The Labute approximate surface area is 172 Å². The summed E-state index contributed by atoms with van der Waals surface area (Å²) in [7, 11) is 0. The normalized spacial score (nSPS) is 10.4. The second-order valence-electron chi connectivity index (χ2n) is 5.55. The Kier molecular flexibility index (Phi) is 9.56. The number of halogens is 4. The van der Waals surface area contributed by atoms with Crippen molar-refractivity contribution in [1.82, 2.24) is 9.97 Å². The van der Waals surface area contributed by atoms with Crippen LogP contribution in [0.3, 0.4) is 0 Å². The van der Waals surface area contributed by atoms with Gasteiger partial charge in [-0.1, -0.05) is 13.8 Å². The molecule has 0 saturated heterocycles. The summed E-state index contributed by atoms with van der Waals surface area (Å²) in [5.74, 6) is -1.87. The summed E-state index contributed by atoms with van der Waals surface area (Å²) in [6, 6.07) is 2.34. The minimum atomic E-state index is -4.86. The number of rotatable bonds is 3. The van der Waals surface area contributed by atoms with Crippen molar-refractivity contribution in [3.63, 3.8) is 0 Å². The Morgan fingerprint density at radius 3 is 2.24 bits per heavy atom. The van der Waals surface area contributed by atoms with Gasteiger partial charge in [0, 0.05) is 23.9 Å². The average Bonchev–Trinajstić information content (AvgIpc) is 2.58. The zero-order chi connectivity index (χ0) is 21.6. The molecule has 1 amide bonds. The third-order valence-corrected chi connectivity index (χ3v) is 3.06. The number of nitrogens with one attached hydrogen (secondary N) is 3. The number of amides is 1. The molecule has 1 heterocycles. The Balaban J connectivity index is 0.000000658. The van der Waals surface area contributed by atoms with E-state index in [2.05, 4.69) is 5.32 Å². The van der Waals surface area contributed by atoms with Gasteiger partial charge in [0.25, 0.3) is 11.2 Å². The summed E-state index contributed by atoms with van der Waals surface area (Å²) < 4.78 is 50.0. The number of nitro benzene ring substituents is 1. The number of alkyl halides is 3. The third-order valence-electron chi connectivity index (χ3n) is 3.06. The standard InChI is InChI=1S/C11H11F3N2O3.C4H3FN2O2.Ga.3H/c1-6(2)10(17)15-7-3-4-9(16(18)19)8(5-7)11(12,13)14;5-2-1-6-4(9)7-3(2)8;;;;/h3-6H,1-2H3,(H,15,17);1H,(H2,6,7,8,9);;;;. The molecule has 2 rings (SSSR count). The molecule has 0 atom stereocenters. The van der Waals surface area contributed by atoms with Crippen molar-refractivity contribution in [2.45, 2.75) is 20.0 Å². The van der Waals surface area contributed by atoms with E-state index in [0.29, 0.717) is 12.3 Å². The number of carbonyl (C=O) groups is 1. The molecule has 3 N–H and O–H groups in total. The van der Waals surface area contributed by atoms with Crippen LogP contribution in [0.5, 0.6) is 0 Å². The van der Waals surface area contributed by atoms with E-state index in [9.17, 15) is 42.1 Å². The average molecular weight is 479 g/mol. The van der Waals surface area contributed by atoms with Crippen LogP contribution in [0.4, 0.5) is 28.9 Å².